The predicted octanol–water partition coefficient (Wildman–Crippen LogP) is 2.49. The Morgan fingerprint density at radius 1 is 1.44 bits per heavy atom. The molecule has 1 saturated carbocycles. The molecule has 4 heteroatoms. The molecule has 1 atom stereocenters. The van der Waals surface area contributed by atoms with Crippen LogP contribution in [0.1, 0.15) is 31.4 Å². The first kappa shape index (κ1) is 11.1. The third kappa shape index (κ3) is 1.41. The Hall–Kier alpha value is -1.42. The summed E-state index contributed by atoms with van der Waals surface area (Å²) in [6, 6.07) is 5.14. The number of nitrogens with zero attached hydrogens (tertiary/aromatic N) is 1. The second-order valence-electron chi connectivity index (χ2n) is 5.31. The van der Waals surface area contributed by atoms with Crippen molar-refractivity contribution in [2.24, 2.45) is 11.1 Å². The second kappa shape index (κ2) is 3.04. The van der Waals surface area contributed by atoms with Gasteiger partial charge < -0.3 is 5.73 Å². The summed E-state index contributed by atoms with van der Waals surface area (Å²) in [5.41, 5.74) is 7.47. The third-order valence-electron chi connectivity index (χ3n) is 3.63. The molecule has 4 nitrogen and oxygen atoms in total. The van der Waals surface area contributed by atoms with Gasteiger partial charge in [-0.1, -0.05) is 25.5 Å². The van der Waals surface area contributed by atoms with E-state index in [2.05, 4.69) is 0 Å². The summed E-state index contributed by atoms with van der Waals surface area (Å²) in [7, 11) is 0. The van der Waals surface area contributed by atoms with Gasteiger partial charge in [-0.15, -0.1) is 0 Å². The standard InChI is InChI=1S/C12H16N2O2/c1-8-4-5-10(14(15)16)9(6-8)12(13)7-11(12,2)3/h4-6H,7,13H2,1-3H3. The summed E-state index contributed by atoms with van der Waals surface area (Å²) in [5, 5.41) is 11.0. The van der Waals surface area contributed by atoms with E-state index in [0.29, 0.717) is 5.56 Å². The fourth-order valence-corrected chi connectivity index (χ4v) is 2.28. The van der Waals surface area contributed by atoms with Gasteiger partial charge in [0.15, 0.2) is 0 Å². The van der Waals surface area contributed by atoms with Crippen LogP contribution in [0.2, 0.25) is 0 Å². The maximum Gasteiger partial charge on any atom is 0.274 e. The van der Waals surface area contributed by atoms with Crippen LogP contribution >= 0.6 is 0 Å². The van der Waals surface area contributed by atoms with Crippen LogP contribution in [-0.4, -0.2) is 4.92 Å². The van der Waals surface area contributed by atoms with Gasteiger partial charge in [0.1, 0.15) is 0 Å². The minimum absolute atomic E-state index is 0.0500. The Bertz CT molecular complexity index is 468. The van der Waals surface area contributed by atoms with E-state index in [1.165, 1.54) is 0 Å². The number of nitrogens with two attached hydrogens (primary N) is 1. The number of nitro groups is 1. The van der Waals surface area contributed by atoms with E-state index in [-0.39, 0.29) is 16.0 Å². The first-order valence-corrected chi connectivity index (χ1v) is 5.32. The SMILES string of the molecule is Cc1ccc([N+](=O)[O-])c(C2(N)CC2(C)C)c1. The highest BCUT2D eigenvalue weighted by Crippen LogP contribution is 2.61. The lowest BCUT2D eigenvalue weighted by atomic mass is 9.94. The fourth-order valence-electron chi connectivity index (χ4n) is 2.28. The molecule has 2 rings (SSSR count). The minimum Gasteiger partial charge on any atom is -0.321 e. The van der Waals surface area contributed by atoms with Gasteiger partial charge >= 0.3 is 0 Å². The van der Waals surface area contributed by atoms with Crippen LogP contribution in [0.25, 0.3) is 0 Å². The van der Waals surface area contributed by atoms with Crippen LogP contribution in [0.5, 0.6) is 0 Å². The molecule has 0 saturated heterocycles. The normalized spacial score (nSPS) is 26.5. The molecule has 1 aromatic rings. The van der Waals surface area contributed by atoms with E-state index in [1.807, 2.05) is 26.8 Å². The van der Waals surface area contributed by atoms with Crippen molar-refractivity contribution in [2.75, 3.05) is 0 Å². The lowest BCUT2D eigenvalue weighted by Crippen LogP contribution is -2.26. The highest BCUT2D eigenvalue weighted by molar-refractivity contribution is 5.51. The summed E-state index contributed by atoms with van der Waals surface area (Å²) in [6.07, 6.45) is 0.796. The van der Waals surface area contributed by atoms with Crippen LogP contribution in [0.4, 0.5) is 5.69 Å². The van der Waals surface area contributed by atoms with Crippen LogP contribution in [0.15, 0.2) is 18.2 Å². The van der Waals surface area contributed by atoms with E-state index in [4.69, 9.17) is 5.73 Å². The van der Waals surface area contributed by atoms with Gasteiger partial charge in [-0.25, -0.2) is 0 Å². The topological polar surface area (TPSA) is 69.2 Å². The van der Waals surface area contributed by atoms with Crippen molar-refractivity contribution >= 4 is 5.69 Å². The highest BCUT2D eigenvalue weighted by atomic mass is 16.6. The zero-order valence-electron chi connectivity index (χ0n) is 9.78. The molecule has 1 aromatic carbocycles. The van der Waals surface area contributed by atoms with Crippen molar-refractivity contribution < 1.29 is 4.92 Å². The lowest BCUT2D eigenvalue weighted by Gasteiger charge is -2.16. The summed E-state index contributed by atoms with van der Waals surface area (Å²) in [4.78, 5) is 10.6. The largest absolute Gasteiger partial charge is 0.321 e. The summed E-state index contributed by atoms with van der Waals surface area (Å²) in [5.74, 6) is 0. The van der Waals surface area contributed by atoms with Crippen molar-refractivity contribution in [3.05, 3.63) is 39.4 Å². The fraction of sp³-hybridized carbons (Fsp3) is 0.500. The minimum atomic E-state index is -0.540. The van der Waals surface area contributed by atoms with Crippen molar-refractivity contribution in [3.8, 4) is 0 Å². The van der Waals surface area contributed by atoms with E-state index < -0.39 is 5.54 Å². The molecule has 16 heavy (non-hydrogen) atoms. The van der Waals surface area contributed by atoms with Crippen molar-refractivity contribution in [3.63, 3.8) is 0 Å². The number of hydrogen-bond acceptors (Lipinski definition) is 3. The number of benzene rings is 1. The monoisotopic (exact) mass is 220 g/mol. The van der Waals surface area contributed by atoms with Crippen LogP contribution in [0, 0.1) is 22.5 Å². The average Bonchev–Trinajstić information content (AvgIpc) is 2.66. The molecule has 0 amide bonds. The van der Waals surface area contributed by atoms with Gasteiger partial charge in [0.25, 0.3) is 5.69 Å². The maximum absolute atomic E-state index is 11.0. The quantitative estimate of drug-likeness (QED) is 0.615. The maximum atomic E-state index is 11.0. The van der Waals surface area contributed by atoms with Crippen LogP contribution in [-0.2, 0) is 5.54 Å². The molecule has 0 spiro atoms. The molecule has 1 aliphatic rings. The van der Waals surface area contributed by atoms with Crippen LogP contribution < -0.4 is 5.73 Å². The average molecular weight is 220 g/mol. The second-order valence-corrected chi connectivity index (χ2v) is 5.31. The first-order chi connectivity index (χ1) is 7.28. The van der Waals surface area contributed by atoms with E-state index in [9.17, 15) is 10.1 Å². The molecular weight excluding hydrogens is 204 g/mol. The van der Waals surface area contributed by atoms with Gasteiger partial charge in [-0.2, -0.15) is 0 Å². The molecule has 0 aliphatic heterocycles. The Balaban J connectivity index is 2.56. The van der Waals surface area contributed by atoms with E-state index >= 15 is 0 Å². The molecular formula is C12H16N2O2. The molecule has 0 aromatic heterocycles. The van der Waals surface area contributed by atoms with Crippen molar-refractivity contribution in [1.29, 1.82) is 0 Å². The smallest absolute Gasteiger partial charge is 0.274 e. The number of aryl methyl sites for hydroxylation is 1. The first-order valence-electron chi connectivity index (χ1n) is 5.32. The molecule has 1 unspecified atom stereocenters. The zero-order valence-corrected chi connectivity index (χ0v) is 9.78. The molecule has 2 N–H and O–H groups in total. The molecule has 1 fully saturated rings. The molecule has 1 aliphatic carbocycles. The van der Waals surface area contributed by atoms with Gasteiger partial charge in [-0.05, 0) is 24.8 Å². The Morgan fingerprint density at radius 2 is 2.00 bits per heavy atom. The van der Waals surface area contributed by atoms with Gasteiger partial charge in [0.05, 0.1) is 16.0 Å². The number of nitro benzene ring substituents is 1. The molecule has 0 bridgehead atoms. The third-order valence-corrected chi connectivity index (χ3v) is 3.63. The van der Waals surface area contributed by atoms with Gasteiger partial charge in [-0.3, -0.25) is 10.1 Å². The van der Waals surface area contributed by atoms with Crippen molar-refractivity contribution in [2.45, 2.75) is 32.7 Å². The van der Waals surface area contributed by atoms with Crippen LogP contribution in [0.3, 0.4) is 0 Å². The van der Waals surface area contributed by atoms with E-state index in [0.717, 1.165) is 12.0 Å². The van der Waals surface area contributed by atoms with Gasteiger partial charge in [0.2, 0.25) is 0 Å². The molecule has 86 valence electrons. The van der Waals surface area contributed by atoms with Crippen molar-refractivity contribution in [1.82, 2.24) is 0 Å². The summed E-state index contributed by atoms with van der Waals surface area (Å²) >= 11 is 0. The highest BCUT2D eigenvalue weighted by Gasteiger charge is 2.61. The Morgan fingerprint density at radius 3 is 2.44 bits per heavy atom. The number of hydrogen-bond donors (Lipinski definition) is 1. The summed E-state index contributed by atoms with van der Waals surface area (Å²) in [6.45, 7) is 6.00. The Labute approximate surface area is 94.6 Å². The predicted molar refractivity (Wildman–Crippen MR) is 62.1 cm³/mol. The van der Waals surface area contributed by atoms with Gasteiger partial charge in [0, 0.05) is 6.07 Å². The molecule has 0 radical (unpaired) electrons. The zero-order chi connectivity index (χ0) is 12.1. The molecule has 0 heterocycles. The van der Waals surface area contributed by atoms with E-state index in [1.54, 1.807) is 12.1 Å². The number of rotatable bonds is 2. The lowest BCUT2D eigenvalue weighted by molar-refractivity contribution is -0.385. The Kier molecular flexibility index (Phi) is 2.11. The summed E-state index contributed by atoms with van der Waals surface area (Å²) < 4.78 is 0.